The molecule has 0 saturated carbocycles. The summed E-state index contributed by atoms with van der Waals surface area (Å²) in [5.74, 6) is -0.633. The lowest BCUT2D eigenvalue weighted by molar-refractivity contribution is -0.145. The number of esters is 1. The second kappa shape index (κ2) is 6.57. The van der Waals surface area contributed by atoms with Crippen molar-refractivity contribution in [2.75, 3.05) is 6.61 Å². The van der Waals surface area contributed by atoms with Crippen molar-refractivity contribution in [3.8, 4) is 6.07 Å². The molecule has 0 aliphatic heterocycles. The SMILES string of the molecule is CCOC(=O)C(CCC#N)c1ccncc1. The Balaban J connectivity index is 2.79. The predicted molar refractivity (Wildman–Crippen MR) is 58.5 cm³/mol. The van der Waals surface area contributed by atoms with Crippen molar-refractivity contribution >= 4 is 5.97 Å². The van der Waals surface area contributed by atoms with E-state index in [1.165, 1.54) is 0 Å². The summed E-state index contributed by atoms with van der Waals surface area (Å²) in [4.78, 5) is 15.6. The van der Waals surface area contributed by atoms with Crippen LogP contribution in [0.15, 0.2) is 24.5 Å². The van der Waals surface area contributed by atoms with Crippen LogP contribution in [0.3, 0.4) is 0 Å². The Morgan fingerprint density at radius 3 is 2.81 bits per heavy atom. The van der Waals surface area contributed by atoms with E-state index in [4.69, 9.17) is 10.00 Å². The smallest absolute Gasteiger partial charge is 0.313 e. The Labute approximate surface area is 94.9 Å². The molecule has 0 N–H and O–H groups in total. The first-order chi connectivity index (χ1) is 7.79. The number of pyridine rings is 1. The molecule has 0 spiro atoms. The lowest BCUT2D eigenvalue weighted by atomic mass is 9.95. The van der Waals surface area contributed by atoms with E-state index < -0.39 is 0 Å². The summed E-state index contributed by atoms with van der Waals surface area (Å²) in [5.41, 5.74) is 0.851. The van der Waals surface area contributed by atoms with Crippen molar-refractivity contribution < 1.29 is 9.53 Å². The topological polar surface area (TPSA) is 63.0 Å². The van der Waals surface area contributed by atoms with Gasteiger partial charge in [-0.1, -0.05) is 0 Å². The number of nitrogens with zero attached hydrogens (tertiary/aromatic N) is 2. The third-order valence-corrected chi connectivity index (χ3v) is 2.22. The predicted octanol–water partition coefficient (Wildman–Crippen LogP) is 2.03. The van der Waals surface area contributed by atoms with E-state index in [1.54, 1.807) is 31.5 Å². The molecule has 1 unspecified atom stereocenters. The summed E-state index contributed by atoms with van der Waals surface area (Å²) in [6.45, 7) is 2.12. The number of carbonyl (C=O) groups is 1. The van der Waals surface area contributed by atoms with E-state index in [1.807, 2.05) is 6.07 Å². The highest BCUT2D eigenvalue weighted by Gasteiger charge is 2.21. The maximum absolute atomic E-state index is 11.7. The van der Waals surface area contributed by atoms with E-state index >= 15 is 0 Å². The fourth-order valence-corrected chi connectivity index (χ4v) is 1.47. The van der Waals surface area contributed by atoms with Gasteiger partial charge in [-0.25, -0.2) is 0 Å². The van der Waals surface area contributed by atoms with Gasteiger partial charge in [0.1, 0.15) is 0 Å². The number of carbonyl (C=O) groups excluding carboxylic acids is 1. The summed E-state index contributed by atoms with van der Waals surface area (Å²) in [5, 5.41) is 8.56. The fraction of sp³-hybridized carbons (Fsp3) is 0.417. The molecule has 1 heterocycles. The molecule has 0 aromatic carbocycles. The zero-order valence-corrected chi connectivity index (χ0v) is 9.22. The number of rotatable bonds is 5. The molecule has 1 atom stereocenters. The molecule has 0 saturated heterocycles. The molecule has 0 amide bonds. The van der Waals surface area contributed by atoms with Crippen LogP contribution in [0.2, 0.25) is 0 Å². The molecule has 1 aromatic heterocycles. The van der Waals surface area contributed by atoms with E-state index in [2.05, 4.69) is 4.98 Å². The number of aromatic nitrogens is 1. The largest absolute Gasteiger partial charge is 0.466 e. The van der Waals surface area contributed by atoms with E-state index in [9.17, 15) is 4.79 Å². The second-order valence-corrected chi connectivity index (χ2v) is 3.28. The maximum atomic E-state index is 11.7. The van der Waals surface area contributed by atoms with Gasteiger partial charge in [-0.05, 0) is 31.0 Å². The average molecular weight is 218 g/mol. The summed E-state index contributed by atoms with van der Waals surface area (Å²) in [7, 11) is 0. The fourth-order valence-electron chi connectivity index (χ4n) is 1.47. The van der Waals surface area contributed by atoms with E-state index in [0.717, 1.165) is 5.56 Å². The summed E-state index contributed by atoms with van der Waals surface area (Å²) < 4.78 is 4.99. The van der Waals surface area contributed by atoms with Crippen LogP contribution in [0, 0.1) is 11.3 Å². The summed E-state index contributed by atoms with van der Waals surface area (Å²) in [6, 6.07) is 5.60. The molecule has 4 heteroatoms. The van der Waals surface area contributed by atoms with Crippen LogP contribution >= 0.6 is 0 Å². The van der Waals surface area contributed by atoms with Crippen LogP contribution in [0.4, 0.5) is 0 Å². The standard InChI is InChI=1S/C12H14N2O2/c1-2-16-12(15)11(4-3-7-13)10-5-8-14-9-6-10/h5-6,8-9,11H,2-4H2,1H3. The Morgan fingerprint density at radius 1 is 1.56 bits per heavy atom. The molecular formula is C12H14N2O2. The molecule has 1 aromatic rings. The van der Waals surface area contributed by atoms with Gasteiger partial charge in [-0.3, -0.25) is 9.78 Å². The zero-order valence-electron chi connectivity index (χ0n) is 9.22. The number of nitriles is 1. The number of hydrogen-bond donors (Lipinski definition) is 0. The van der Waals surface area contributed by atoms with Gasteiger partial charge in [0, 0.05) is 18.8 Å². The normalized spacial score (nSPS) is 11.5. The summed E-state index contributed by atoms with van der Waals surface area (Å²) in [6.07, 6.45) is 4.09. The van der Waals surface area contributed by atoms with Gasteiger partial charge in [0.05, 0.1) is 18.6 Å². The van der Waals surface area contributed by atoms with Gasteiger partial charge < -0.3 is 4.74 Å². The minimum absolute atomic E-state index is 0.274. The van der Waals surface area contributed by atoms with Crippen molar-refractivity contribution in [1.82, 2.24) is 4.98 Å². The summed E-state index contributed by atoms with van der Waals surface area (Å²) >= 11 is 0. The van der Waals surface area contributed by atoms with Crippen LogP contribution in [-0.2, 0) is 9.53 Å². The molecule has 16 heavy (non-hydrogen) atoms. The van der Waals surface area contributed by atoms with Crippen molar-refractivity contribution in [1.29, 1.82) is 5.26 Å². The van der Waals surface area contributed by atoms with Gasteiger partial charge in [0.15, 0.2) is 0 Å². The van der Waals surface area contributed by atoms with Crippen LogP contribution < -0.4 is 0 Å². The van der Waals surface area contributed by atoms with Crippen molar-refractivity contribution in [3.63, 3.8) is 0 Å². The van der Waals surface area contributed by atoms with Crippen LogP contribution in [0.25, 0.3) is 0 Å². The number of hydrogen-bond acceptors (Lipinski definition) is 4. The first-order valence-corrected chi connectivity index (χ1v) is 5.23. The molecule has 0 radical (unpaired) electrons. The molecule has 4 nitrogen and oxygen atoms in total. The van der Waals surface area contributed by atoms with Crippen LogP contribution in [0.5, 0.6) is 0 Å². The zero-order chi connectivity index (χ0) is 11.8. The highest BCUT2D eigenvalue weighted by atomic mass is 16.5. The van der Waals surface area contributed by atoms with Crippen molar-refractivity contribution in [2.45, 2.75) is 25.7 Å². The molecule has 1 rings (SSSR count). The molecule has 84 valence electrons. The van der Waals surface area contributed by atoms with Crippen LogP contribution in [0.1, 0.15) is 31.2 Å². The highest BCUT2D eigenvalue weighted by Crippen LogP contribution is 2.22. The van der Waals surface area contributed by atoms with Gasteiger partial charge >= 0.3 is 5.97 Å². The van der Waals surface area contributed by atoms with E-state index in [-0.39, 0.29) is 11.9 Å². The van der Waals surface area contributed by atoms with Crippen molar-refractivity contribution in [3.05, 3.63) is 30.1 Å². The van der Waals surface area contributed by atoms with Gasteiger partial charge in [-0.2, -0.15) is 5.26 Å². The lowest BCUT2D eigenvalue weighted by Gasteiger charge is -2.13. The third kappa shape index (κ3) is 3.35. The Kier molecular flexibility index (Phi) is 5.00. The van der Waals surface area contributed by atoms with Crippen molar-refractivity contribution in [2.24, 2.45) is 0 Å². The maximum Gasteiger partial charge on any atom is 0.313 e. The van der Waals surface area contributed by atoms with Gasteiger partial charge in [0.2, 0.25) is 0 Å². The molecule has 0 bridgehead atoms. The Morgan fingerprint density at radius 2 is 2.25 bits per heavy atom. The van der Waals surface area contributed by atoms with E-state index in [0.29, 0.717) is 19.4 Å². The van der Waals surface area contributed by atoms with Gasteiger partial charge in [-0.15, -0.1) is 0 Å². The monoisotopic (exact) mass is 218 g/mol. The molecule has 0 aliphatic carbocycles. The highest BCUT2D eigenvalue weighted by molar-refractivity contribution is 5.78. The van der Waals surface area contributed by atoms with Gasteiger partial charge in [0.25, 0.3) is 0 Å². The molecule has 0 fully saturated rings. The first-order valence-electron chi connectivity index (χ1n) is 5.23. The first kappa shape index (κ1) is 12.2. The minimum atomic E-state index is -0.359. The Bertz CT molecular complexity index is 370. The average Bonchev–Trinajstić information content (AvgIpc) is 2.31. The molecule has 0 aliphatic rings. The Hall–Kier alpha value is -1.89. The minimum Gasteiger partial charge on any atom is -0.466 e. The van der Waals surface area contributed by atoms with Crippen LogP contribution in [-0.4, -0.2) is 17.6 Å². The molecular weight excluding hydrogens is 204 g/mol. The lowest BCUT2D eigenvalue weighted by Crippen LogP contribution is -2.16. The third-order valence-electron chi connectivity index (χ3n) is 2.22. The quantitative estimate of drug-likeness (QED) is 0.709. The number of ether oxygens (including phenoxy) is 1. The second-order valence-electron chi connectivity index (χ2n) is 3.28.